The first-order valence-corrected chi connectivity index (χ1v) is 9.44. The molecule has 1 unspecified atom stereocenters. The second-order valence-electron chi connectivity index (χ2n) is 6.10. The molecule has 0 amide bonds. The molecule has 2 aromatic rings. The SMILES string of the molecule is O=C(COc1ccc(Cl)cc1Cl)Oc1ccc(C(=O)OCC2CCCO2)cc1. The van der Waals surface area contributed by atoms with Crippen LogP contribution in [0.1, 0.15) is 23.2 Å². The zero-order valence-electron chi connectivity index (χ0n) is 14.9. The van der Waals surface area contributed by atoms with Gasteiger partial charge in [-0.05, 0) is 55.3 Å². The Kier molecular flexibility index (Phi) is 7.14. The third kappa shape index (κ3) is 5.86. The Hall–Kier alpha value is -2.28. The van der Waals surface area contributed by atoms with Gasteiger partial charge in [-0.1, -0.05) is 23.2 Å². The maximum atomic E-state index is 12.0. The van der Waals surface area contributed by atoms with Gasteiger partial charge < -0.3 is 18.9 Å². The number of hydrogen-bond donors (Lipinski definition) is 0. The van der Waals surface area contributed by atoms with Gasteiger partial charge in [-0.2, -0.15) is 0 Å². The minimum atomic E-state index is -0.611. The molecular formula is C20H18Cl2O6. The molecule has 1 atom stereocenters. The third-order valence-corrected chi connectivity index (χ3v) is 4.52. The Morgan fingerprint density at radius 1 is 1.11 bits per heavy atom. The van der Waals surface area contributed by atoms with Crippen LogP contribution in [0.15, 0.2) is 42.5 Å². The van der Waals surface area contributed by atoms with Crippen LogP contribution < -0.4 is 9.47 Å². The number of benzene rings is 2. The smallest absolute Gasteiger partial charge is 0.349 e. The van der Waals surface area contributed by atoms with E-state index in [1.54, 1.807) is 12.1 Å². The molecule has 1 aliphatic rings. The van der Waals surface area contributed by atoms with Gasteiger partial charge in [-0.15, -0.1) is 0 Å². The number of ether oxygens (including phenoxy) is 4. The van der Waals surface area contributed by atoms with E-state index in [0.29, 0.717) is 28.0 Å². The van der Waals surface area contributed by atoms with E-state index in [1.165, 1.54) is 30.3 Å². The highest BCUT2D eigenvalue weighted by molar-refractivity contribution is 6.35. The first-order valence-electron chi connectivity index (χ1n) is 8.68. The molecule has 8 heteroatoms. The molecule has 1 heterocycles. The third-order valence-electron chi connectivity index (χ3n) is 3.99. The predicted octanol–water partition coefficient (Wildman–Crippen LogP) is 4.31. The fourth-order valence-corrected chi connectivity index (χ4v) is 3.04. The molecule has 1 fully saturated rings. The van der Waals surface area contributed by atoms with Crippen LogP contribution in [0.5, 0.6) is 11.5 Å². The Bertz CT molecular complexity index is 831. The molecule has 0 spiro atoms. The summed E-state index contributed by atoms with van der Waals surface area (Å²) in [6.07, 6.45) is 1.85. The number of rotatable bonds is 7. The van der Waals surface area contributed by atoms with E-state index in [1.807, 2.05) is 0 Å². The lowest BCUT2D eigenvalue weighted by Crippen LogP contribution is -2.18. The van der Waals surface area contributed by atoms with Crippen LogP contribution in [0.3, 0.4) is 0 Å². The van der Waals surface area contributed by atoms with Crippen molar-refractivity contribution in [2.24, 2.45) is 0 Å². The van der Waals surface area contributed by atoms with Crippen molar-refractivity contribution >= 4 is 35.1 Å². The number of carbonyl (C=O) groups is 2. The number of hydrogen-bond acceptors (Lipinski definition) is 6. The van der Waals surface area contributed by atoms with Crippen LogP contribution in [0.2, 0.25) is 10.0 Å². The lowest BCUT2D eigenvalue weighted by Gasteiger charge is -2.11. The quantitative estimate of drug-likeness (QED) is 0.486. The van der Waals surface area contributed by atoms with Crippen LogP contribution in [0.4, 0.5) is 0 Å². The van der Waals surface area contributed by atoms with Gasteiger partial charge in [-0.25, -0.2) is 9.59 Å². The van der Waals surface area contributed by atoms with E-state index in [2.05, 4.69) is 0 Å². The highest BCUT2D eigenvalue weighted by Gasteiger charge is 2.18. The standard InChI is InChI=1S/C20H18Cl2O6/c21-14-5-8-18(17(22)10-14)26-12-19(23)28-15-6-3-13(4-7-15)20(24)27-11-16-2-1-9-25-16/h3-8,10,16H,1-2,9,11-12H2. The Labute approximate surface area is 172 Å². The summed E-state index contributed by atoms with van der Waals surface area (Å²) in [5.41, 5.74) is 0.363. The van der Waals surface area contributed by atoms with E-state index in [9.17, 15) is 9.59 Å². The molecule has 0 aromatic heterocycles. The van der Waals surface area contributed by atoms with Gasteiger partial charge >= 0.3 is 11.9 Å². The van der Waals surface area contributed by atoms with Crippen LogP contribution >= 0.6 is 23.2 Å². The summed E-state index contributed by atoms with van der Waals surface area (Å²) in [5, 5.41) is 0.764. The van der Waals surface area contributed by atoms with Crippen LogP contribution in [0.25, 0.3) is 0 Å². The van der Waals surface area contributed by atoms with Crippen molar-refractivity contribution in [3.05, 3.63) is 58.1 Å². The van der Waals surface area contributed by atoms with Gasteiger partial charge in [0.1, 0.15) is 18.1 Å². The second-order valence-corrected chi connectivity index (χ2v) is 6.94. The van der Waals surface area contributed by atoms with Crippen molar-refractivity contribution < 1.29 is 28.5 Å². The largest absolute Gasteiger partial charge is 0.480 e. The average molecular weight is 425 g/mol. The lowest BCUT2D eigenvalue weighted by atomic mass is 10.2. The summed E-state index contributed by atoms with van der Waals surface area (Å²) in [6, 6.07) is 10.8. The van der Waals surface area contributed by atoms with Crippen molar-refractivity contribution in [2.45, 2.75) is 18.9 Å². The van der Waals surface area contributed by atoms with Crippen LogP contribution in [-0.2, 0) is 14.3 Å². The van der Waals surface area contributed by atoms with Crippen molar-refractivity contribution in [2.75, 3.05) is 19.8 Å². The summed E-state index contributed by atoms with van der Waals surface area (Å²) in [7, 11) is 0. The summed E-state index contributed by atoms with van der Waals surface area (Å²) >= 11 is 11.8. The molecule has 0 aliphatic carbocycles. The fourth-order valence-electron chi connectivity index (χ4n) is 2.58. The molecule has 1 saturated heterocycles. The van der Waals surface area contributed by atoms with E-state index in [-0.39, 0.29) is 25.1 Å². The predicted molar refractivity (Wildman–Crippen MR) is 103 cm³/mol. The molecule has 0 radical (unpaired) electrons. The zero-order valence-corrected chi connectivity index (χ0v) is 16.4. The molecule has 1 aliphatic heterocycles. The molecule has 6 nitrogen and oxygen atoms in total. The molecule has 0 N–H and O–H groups in total. The number of carbonyl (C=O) groups excluding carboxylic acids is 2. The zero-order chi connectivity index (χ0) is 19.9. The minimum Gasteiger partial charge on any atom is -0.480 e. The van der Waals surface area contributed by atoms with E-state index in [4.69, 9.17) is 42.1 Å². The highest BCUT2D eigenvalue weighted by atomic mass is 35.5. The van der Waals surface area contributed by atoms with Crippen molar-refractivity contribution in [1.29, 1.82) is 0 Å². The second kappa shape index (κ2) is 9.78. The molecule has 0 bridgehead atoms. The molecule has 148 valence electrons. The number of esters is 2. The number of halogens is 2. The van der Waals surface area contributed by atoms with E-state index < -0.39 is 11.9 Å². The molecular weight excluding hydrogens is 407 g/mol. The van der Waals surface area contributed by atoms with Gasteiger partial charge in [0, 0.05) is 11.6 Å². The Morgan fingerprint density at radius 3 is 2.57 bits per heavy atom. The summed E-state index contributed by atoms with van der Waals surface area (Å²) in [5.74, 6) is -0.451. The normalized spacial score (nSPS) is 15.9. The first-order chi connectivity index (χ1) is 13.5. The van der Waals surface area contributed by atoms with Crippen molar-refractivity contribution in [3.8, 4) is 11.5 Å². The van der Waals surface area contributed by atoms with Gasteiger partial charge in [0.15, 0.2) is 6.61 Å². The first kappa shape index (κ1) is 20.5. The van der Waals surface area contributed by atoms with Crippen LogP contribution in [-0.4, -0.2) is 37.9 Å². The van der Waals surface area contributed by atoms with Gasteiger partial charge in [0.05, 0.1) is 16.7 Å². The van der Waals surface area contributed by atoms with Crippen molar-refractivity contribution in [3.63, 3.8) is 0 Å². The maximum Gasteiger partial charge on any atom is 0.349 e. The van der Waals surface area contributed by atoms with Crippen molar-refractivity contribution in [1.82, 2.24) is 0 Å². The average Bonchev–Trinajstić information content (AvgIpc) is 3.19. The maximum absolute atomic E-state index is 12.0. The fraction of sp³-hybridized carbons (Fsp3) is 0.300. The van der Waals surface area contributed by atoms with Gasteiger partial charge in [0.2, 0.25) is 0 Å². The molecule has 2 aromatic carbocycles. The Morgan fingerprint density at radius 2 is 1.89 bits per heavy atom. The monoisotopic (exact) mass is 424 g/mol. The minimum absolute atomic E-state index is 0.0293. The lowest BCUT2D eigenvalue weighted by molar-refractivity contribution is -0.136. The Balaban J connectivity index is 1.46. The summed E-state index contributed by atoms with van der Waals surface area (Å²) < 4.78 is 21.1. The topological polar surface area (TPSA) is 71.1 Å². The van der Waals surface area contributed by atoms with Crippen LogP contribution in [0, 0.1) is 0 Å². The van der Waals surface area contributed by atoms with Gasteiger partial charge in [0.25, 0.3) is 0 Å². The highest BCUT2D eigenvalue weighted by Crippen LogP contribution is 2.27. The van der Waals surface area contributed by atoms with E-state index in [0.717, 1.165) is 12.8 Å². The van der Waals surface area contributed by atoms with E-state index >= 15 is 0 Å². The molecule has 0 saturated carbocycles. The molecule has 28 heavy (non-hydrogen) atoms. The summed E-state index contributed by atoms with van der Waals surface area (Å²) in [4.78, 5) is 23.9. The summed E-state index contributed by atoms with van der Waals surface area (Å²) in [6.45, 7) is 0.614. The molecule has 3 rings (SSSR count). The van der Waals surface area contributed by atoms with Gasteiger partial charge in [-0.3, -0.25) is 0 Å².